The zero-order valence-electron chi connectivity index (χ0n) is 33.0. The first-order chi connectivity index (χ1) is 27.9. The number of nitrogens with one attached hydrogen (secondary N) is 3. The van der Waals surface area contributed by atoms with E-state index in [-0.39, 0.29) is 41.7 Å². The number of aromatic nitrogens is 6. The second kappa shape index (κ2) is 16.2. The third kappa shape index (κ3) is 7.87. The number of aryl methyl sites for hydroxylation is 1. The minimum atomic E-state index is -0.423. The van der Waals surface area contributed by atoms with Gasteiger partial charge in [0.15, 0.2) is 18.2 Å². The minimum Gasteiger partial charge on any atom is -0.478 e. The molecular weight excluding hydrogens is 764 g/mol. The Bertz CT molecular complexity index is 2460. The van der Waals surface area contributed by atoms with Crippen LogP contribution in [0.4, 0.5) is 23.1 Å². The Kier molecular flexibility index (Phi) is 10.9. The van der Waals surface area contributed by atoms with Crippen molar-refractivity contribution >= 4 is 74.4 Å². The van der Waals surface area contributed by atoms with E-state index in [2.05, 4.69) is 58.8 Å². The highest BCUT2D eigenvalue weighted by Crippen LogP contribution is 2.33. The molecule has 58 heavy (non-hydrogen) atoms. The second-order valence-electron chi connectivity index (χ2n) is 15.5. The number of imide groups is 1. The molecule has 3 fully saturated rings. The summed E-state index contributed by atoms with van der Waals surface area (Å²) in [6, 6.07) is 9.57. The van der Waals surface area contributed by atoms with Crippen molar-refractivity contribution in [3.8, 4) is 5.75 Å². The van der Waals surface area contributed by atoms with Crippen LogP contribution in [0.15, 0.2) is 47.5 Å². The van der Waals surface area contributed by atoms with Crippen molar-refractivity contribution in [1.82, 2.24) is 44.8 Å². The fourth-order valence-electron chi connectivity index (χ4n) is 8.20. The number of piperazine rings is 1. The highest BCUT2D eigenvalue weighted by atomic mass is 35.5. The number of benzene rings is 1. The van der Waals surface area contributed by atoms with E-state index in [1.165, 1.54) is 7.05 Å². The van der Waals surface area contributed by atoms with Crippen LogP contribution < -0.4 is 36.0 Å². The molecule has 17 nitrogen and oxygen atoms in total. The molecule has 0 aliphatic carbocycles. The minimum absolute atomic E-state index is 0.0580. The molecule has 1 unspecified atom stereocenters. The number of hydrogen-bond acceptors (Lipinski definition) is 13. The van der Waals surface area contributed by atoms with E-state index in [0.29, 0.717) is 52.3 Å². The number of rotatable bonds is 11. The van der Waals surface area contributed by atoms with Gasteiger partial charge in [0.05, 0.1) is 35.2 Å². The lowest BCUT2D eigenvalue weighted by Gasteiger charge is -2.37. The van der Waals surface area contributed by atoms with Gasteiger partial charge in [0, 0.05) is 88.8 Å². The Morgan fingerprint density at radius 2 is 1.83 bits per heavy atom. The number of halogens is 1. The second-order valence-corrected chi connectivity index (χ2v) is 15.9. The van der Waals surface area contributed by atoms with Crippen LogP contribution in [-0.4, -0.2) is 111 Å². The number of hydrogen-bond donors (Lipinski definition) is 3. The average molecular weight is 811 g/mol. The number of carbonyl (C=O) groups is 3. The normalized spacial score (nSPS) is 19.0. The van der Waals surface area contributed by atoms with E-state index in [1.54, 1.807) is 23.0 Å². The molecule has 0 radical (unpaired) electrons. The number of carbonyl (C=O) groups excluding carboxylic acids is 3. The van der Waals surface area contributed by atoms with Gasteiger partial charge in [-0.2, -0.15) is 10.1 Å². The fourth-order valence-corrected chi connectivity index (χ4v) is 8.34. The molecule has 3 aliphatic heterocycles. The molecule has 3 aliphatic rings. The number of ether oxygens (including phenoxy) is 1. The van der Waals surface area contributed by atoms with Crippen molar-refractivity contribution in [2.45, 2.75) is 45.1 Å². The van der Waals surface area contributed by atoms with Gasteiger partial charge in [0.25, 0.3) is 11.5 Å². The van der Waals surface area contributed by atoms with Crippen LogP contribution in [-0.2, 0) is 21.4 Å². The van der Waals surface area contributed by atoms with E-state index in [9.17, 15) is 19.2 Å². The Morgan fingerprint density at radius 1 is 1.02 bits per heavy atom. The summed E-state index contributed by atoms with van der Waals surface area (Å²) in [5.41, 5.74) is 3.57. The van der Waals surface area contributed by atoms with Crippen LogP contribution in [0.1, 0.15) is 50.8 Å². The number of nitrogens with zero attached hydrogens (tertiary/aromatic N) is 9. The topological polar surface area (TPSA) is 185 Å². The van der Waals surface area contributed by atoms with Crippen LogP contribution >= 0.6 is 11.6 Å². The lowest BCUT2D eigenvalue weighted by Crippen LogP contribution is -2.48. The summed E-state index contributed by atoms with van der Waals surface area (Å²) < 4.78 is 8.97. The Morgan fingerprint density at radius 3 is 2.59 bits per heavy atom. The van der Waals surface area contributed by atoms with Gasteiger partial charge >= 0.3 is 0 Å². The number of amides is 3. The first-order valence-corrected chi connectivity index (χ1v) is 20.0. The van der Waals surface area contributed by atoms with E-state index >= 15 is 0 Å². The number of pyridine rings is 2. The van der Waals surface area contributed by atoms with Gasteiger partial charge in [-0.15, -0.1) is 0 Å². The van der Waals surface area contributed by atoms with Gasteiger partial charge in [0.1, 0.15) is 10.7 Å². The van der Waals surface area contributed by atoms with Crippen molar-refractivity contribution in [3.63, 3.8) is 0 Å². The average Bonchev–Trinajstić information content (AvgIpc) is 3.81. The smallest absolute Gasteiger partial charge is 0.294 e. The van der Waals surface area contributed by atoms with Gasteiger partial charge in [-0.25, -0.2) is 9.97 Å². The molecule has 8 rings (SSSR count). The van der Waals surface area contributed by atoms with Crippen LogP contribution in [0.25, 0.3) is 21.9 Å². The quantitative estimate of drug-likeness (QED) is 0.165. The maximum Gasteiger partial charge on any atom is 0.294 e. The van der Waals surface area contributed by atoms with Crippen molar-refractivity contribution in [2.24, 2.45) is 13.0 Å². The summed E-state index contributed by atoms with van der Waals surface area (Å²) in [7, 11) is 3.41. The highest BCUT2D eigenvalue weighted by Gasteiger charge is 2.32. The SMILES string of the molecule is CNC(=O)COc1cc2cc(Nc3nc(N4CC[C@H](CN5CCN(c6ccc7c(C8CCC(=O)NC8=O)nn(C)c7c6)CC5)C4)ncc3Cl)cnc2n(C(C)C)c1=O. The van der Waals surface area contributed by atoms with Crippen molar-refractivity contribution in [1.29, 1.82) is 0 Å². The zero-order valence-corrected chi connectivity index (χ0v) is 33.8. The van der Waals surface area contributed by atoms with Crippen LogP contribution in [0.3, 0.4) is 0 Å². The number of piperidine rings is 1. The lowest BCUT2D eigenvalue weighted by molar-refractivity contribution is -0.134. The number of fused-ring (bicyclic) bond motifs is 2. The van der Waals surface area contributed by atoms with Crippen molar-refractivity contribution in [2.75, 3.05) is 74.6 Å². The largest absolute Gasteiger partial charge is 0.478 e. The summed E-state index contributed by atoms with van der Waals surface area (Å²) in [6.45, 7) is 9.84. The van der Waals surface area contributed by atoms with Crippen LogP contribution in [0.5, 0.6) is 5.75 Å². The molecule has 3 amide bonds. The number of anilines is 4. The maximum absolute atomic E-state index is 13.2. The fraction of sp³-hybridized carbons (Fsp3) is 0.450. The summed E-state index contributed by atoms with van der Waals surface area (Å²) in [5.74, 6) is 0.287. The van der Waals surface area contributed by atoms with E-state index < -0.39 is 5.92 Å². The molecule has 0 saturated carbocycles. The third-order valence-electron chi connectivity index (χ3n) is 11.2. The van der Waals surface area contributed by atoms with E-state index in [0.717, 1.165) is 74.5 Å². The van der Waals surface area contributed by atoms with Gasteiger partial charge < -0.3 is 25.2 Å². The van der Waals surface area contributed by atoms with Gasteiger partial charge in [-0.3, -0.25) is 38.6 Å². The summed E-state index contributed by atoms with van der Waals surface area (Å²) in [4.78, 5) is 70.4. The van der Waals surface area contributed by atoms with Gasteiger partial charge in [0.2, 0.25) is 17.8 Å². The Labute approximate surface area is 339 Å². The van der Waals surface area contributed by atoms with E-state index in [4.69, 9.17) is 26.4 Å². The molecule has 7 heterocycles. The summed E-state index contributed by atoms with van der Waals surface area (Å²) in [6.07, 6.45) is 5.06. The molecule has 3 saturated heterocycles. The Hall–Kier alpha value is -5.81. The number of likely N-dealkylation sites (N-methyl/N-ethyl adjacent to an activating group) is 1. The monoisotopic (exact) mass is 810 g/mol. The molecule has 304 valence electrons. The molecule has 2 atom stereocenters. The molecule has 4 aromatic heterocycles. The molecule has 0 spiro atoms. The van der Waals surface area contributed by atoms with Crippen molar-refractivity contribution in [3.05, 3.63) is 63.8 Å². The first kappa shape index (κ1) is 39.0. The van der Waals surface area contributed by atoms with Crippen LogP contribution in [0.2, 0.25) is 5.02 Å². The molecular formula is C40H47ClN12O5. The van der Waals surface area contributed by atoms with E-state index in [1.807, 2.05) is 31.6 Å². The zero-order chi connectivity index (χ0) is 40.7. The summed E-state index contributed by atoms with van der Waals surface area (Å²) >= 11 is 6.59. The predicted molar refractivity (Wildman–Crippen MR) is 221 cm³/mol. The molecule has 0 bridgehead atoms. The molecule has 18 heteroatoms. The molecule has 3 N–H and O–H groups in total. The maximum atomic E-state index is 13.2. The van der Waals surface area contributed by atoms with Crippen molar-refractivity contribution < 1.29 is 19.1 Å². The lowest BCUT2D eigenvalue weighted by atomic mass is 9.93. The first-order valence-electron chi connectivity index (χ1n) is 19.7. The Balaban J connectivity index is 0.886. The molecule has 1 aromatic carbocycles. The summed E-state index contributed by atoms with van der Waals surface area (Å²) in [5, 5.41) is 14.9. The van der Waals surface area contributed by atoms with Gasteiger partial charge in [-0.05, 0) is 62.9 Å². The standard InChI is InChI=1S/C40H47ClN12O5/c1-23(2)53-37-25(16-32(39(53)57)58-22-34(55)42-3)15-26(18-43-37)45-36-30(41)19-44-40(47-36)52-10-9-24(21-52)20-50-11-13-51(14-12-50)27-5-6-28-31(17-27)49(4)48-35(28)29-7-8-33(54)46-38(29)56/h5-6,15-19,23-24,29H,7-14,20-22H2,1-4H3,(H,42,55)(H,44,45,47)(H,46,54,56)/t24-,29?/m1/s1. The van der Waals surface area contributed by atoms with Gasteiger partial charge in [-0.1, -0.05) is 11.6 Å². The van der Waals surface area contributed by atoms with Crippen LogP contribution in [0, 0.1) is 5.92 Å². The predicted octanol–water partition coefficient (Wildman–Crippen LogP) is 3.34. The third-order valence-corrected chi connectivity index (χ3v) is 11.5. The highest BCUT2D eigenvalue weighted by molar-refractivity contribution is 6.33. The molecule has 5 aromatic rings.